The van der Waals surface area contributed by atoms with Crippen molar-refractivity contribution in [2.45, 2.75) is 33.1 Å². The number of hydrogen-bond donors (Lipinski definition) is 0. The third kappa shape index (κ3) is 4.95. The molecule has 8 nitrogen and oxygen atoms in total. The summed E-state index contributed by atoms with van der Waals surface area (Å²) in [6.07, 6.45) is 7.45. The van der Waals surface area contributed by atoms with Gasteiger partial charge >= 0.3 is 5.76 Å². The van der Waals surface area contributed by atoms with Crippen molar-refractivity contribution in [1.82, 2.24) is 14.8 Å². The first-order valence-corrected chi connectivity index (χ1v) is 12.4. The fraction of sp³-hybridized carbons (Fsp3) is 0.308. The van der Waals surface area contributed by atoms with Gasteiger partial charge in [0.2, 0.25) is 17.4 Å². The number of hydrogen-bond acceptors (Lipinski definition) is 8. The molecular formula is C26H27N3O5S. The molecule has 0 aliphatic heterocycles. The van der Waals surface area contributed by atoms with E-state index in [1.54, 1.807) is 20.4 Å². The van der Waals surface area contributed by atoms with Gasteiger partial charge in [0.25, 0.3) is 0 Å². The minimum absolute atomic E-state index is 0.0635. The van der Waals surface area contributed by atoms with Crippen LogP contribution in [0.1, 0.15) is 51.3 Å². The molecule has 4 rings (SSSR count). The van der Waals surface area contributed by atoms with Crippen molar-refractivity contribution in [2.24, 2.45) is 7.05 Å². The Bertz CT molecular complexity index is 1460. The molecule has 0 N–H and O–H groups in total. The van der Waals surface area contributed by atoms with E-state index in [0.29, 0.717) is 34.7 Å². The van der Waals surface area contributed by atoms with Gasteiger partial charge in [-0.25, -0.2) is 4.79 Å². The first-order valence-electron chi connectivity index (χ1n) is 11.2. The van der Waals surface area contributed by atoms with Crippen LogP contribution in [0.2, 0.25) is 0 Å². The number of oxazole rings is 1. The van der Waals surface area contributed by atoms with Crippen LogP contribution in [0.5, 0.6) is 5.75 Å². The number of fused-ring (bicyclic) bond motifs is 1. The SMILES string of the molecule is COc1c(C)cc(/C(=C/CCCc2nnco2)c2cc(C)c3oc(=O)n(C)c3c2)cc1C(=O)SC. The molecular weight excluding hydrogens is 466 g/mol. The van der Waals surface area contributed by atoms with E-state index in [1.807, 2.05) is 38.1 Å². The molecule has 0 unspecified atom stereocenters. The number of thioether (sulfide) groups is 1. The van der Waals surface area contributed by atoms with E-state index in [2.05, 4.69) is 16.3 Å². The van der Waals surface area contributed by atoms with Crippen LogP contribution < -0.4 is 10.5 Å². The summed E-state index contributed by atoms with van der Waals surface area (Å²) in [6, 6.07) is 7.85. The molecule has 0 saturated carbocycles. The van der Waals surface area contributed by atoms with Gasteiger partial charge in [0.05, 0.1) is 18.2 Å². The van der Waals surface area contributed by atoms with Crippen LogP contribution in [0.3, 0.4) is 0 Å². The lowest BCUT2D eigenvalue weighted by Crippen LogP contribution is -2.08. The van der Waals surface area contributed by atoms with Crippen LogP contribution in [0.15, 0.2) is 50.4 Å². The number of unbranched alkanes of at least 4 members (excludes halogenated alkanes) is 1. The maximum atomic E-state index is 12.7. The maximum Gasteiger partial charge on any atom is 0.419 e. The molecule has 2 heterocycles. The second kappa shape index (κ2) is 10.4. The Hall–Kier alpha value is -3.59. The highest BCUT2D eigenvalue weighted by molar-refractivity contribution is 8.13. The van der Waals surface area contributed by atoms with Crippen molar-refractivity contribution in [3.05, 3.63) is 81.0 Å². The molecule has 0 atom stereocenters. The Labute approximate surface area is 207 Å². The summed E-state index contributed by atoms with van der Waals surface area (Å²) >= 11 is 1.15. The minimum Gasteiger partial charge on any atom is -0.496 e. The zero-order valence-corrected chi connectivity index (χ0v) is 21.2. The molecule has 0 amide bonds. The highest BCUT2D eigenvalue weighted by Gasteiger charge is 2.19. The zero-order chi connectivity index (χ0) is 25.1. The quantitative estimate of drug-likeness (QED) is 0.313. The third-order valence-electron chi connectivity index (χ3n) is 5.93. The standard InChI is InChI=1S/C26H27N3O5S/c1-15-10-17(12-20(23(15)32-4)25(30)35-5)19(8-6-7-9-22-28-27-14-33-22)18-11-16(2)24-21(13-18)29(3)26(31)34-24/h8,10-14H,6-7,9H2,1-5H3/b19-8-. The molecule has 0 spiro atoms. The van der Waals surface area contributed by atoms with E-state index in [-0.39, 0.29) is 5.12 Å². The lowest BCUT2D eigenvalue weighted by atomic mass is 9.92. The number of aryl methyl sites for hydroxylation is 4. The van der Waals surface area contributed by atoms with Crippen molar-refractivity contribution in [3.63, 3.8) is 0 Å². The monoisotopic (exact) mass is 493 g/mol. The van der Waals surface area contributed by atoms with Gasteiger partial charge in [-0.2, -0.15) is 0 Å². The fourth-order valence-corrected chi connectivity index (χ4v) is 4.59. The van der Waals surface area contributed by atoms with Gasteiger partial charge < -0.3 is 13.6 Å². The molecule has 0 saturated heterocycles. The Morgan fingerprint density at radius 3 is 2.60 bits per heavy atom. The van der Waals surface area contributed by atoms with Gasteiger partial charge in [-0.05, 0) is 85.0 Å². The van der Waals surface area contributed by atoms with Crippen LogP contribution in [-0.2, 0) is 13.5 Å². The molecule has 0 radical (unpaired) electrons. The predicted molar refractivity (Wildman–Crippen MR) is 136 cm³/mol. The largest absolute Gasteiger partial charge is 0.496 e. The Morgan fingerprint density at radius 2 is 1.91 bits per heavy atom. The number of nitrogens with zero attached hydrogens (tertiary/aromatic N) is 3. The van der Waals surface area contributed by atoms with Gasteiger partial charge in [0.1, 0.15) is 5.75 Å². The van der Waals surface area contributed by atoms with Crippen molar-refractivity contribution >= 4 is 33.5 Å². The molecule has 4 aromatic rings. The van der Waals surface area contributed by atoms with Crippen molar-refractivity contribution in [3.8, 4) is 5.75 Å². The smallest absolute Gasteiger partial charge is 0.419 e. The van der Waals surface area contributed by atoms with Crippen LogP contribution in [0.4, 0.5) is 0 Å². The van der Waals surface area contributed by atoms with Gasteiger partial charge in [-0.3, -0.25) is 9.36 Å². The number of methoxy groups -OCH3 is 1. The zero-order valence-electron chi connectivity index (χ0n) is 20.4. The average molecular weight is 494 g/mol. The number of carbonyl (C=O) groups is 1. The Kier molecular flexibility index (Phi) is 7.25. The van der Waals surface area contributed by atoms with Crippen molar-refractivity contribution in [2.75, 3.05) is 13.4 Å². The normalized spacial score (nSPS) is 11.9. The van der Waals surface area contributed by atoms with Crippen LogP contribution in [-0.4, -0.2) is 33.2 Å². The second-order valence-corrected chi connectivity index (χ2v) is 9.06. The third-order valence-corrected chi connectivity index (χ3v) is 6.52. The number of aromatic nitrogens is 3. The van der Waals surface area contributed by atoms with E-state index in [9.17, 15) is 9.59 Å². The van der Waals surface area contributed by atoms with E-state index in [0.717, 1.165) is 52.4 Å². The fourth-order valence-electron chi connectivity index (χ4n) is 4.22. The van der Waals surface area contributed by atoms with Crippen LogP contribution >= 0.6 is 11.8 Å². The van der Waals surface area contributed by atoms with E-state index in [4.69, 9.17) is 13.6 Å². The van der Waals surface area contributed by atoms with Crippen LogP contribution in [0.25, 0.3) is 16.7 Å². The highest BCUT2D eigenvalue weighted by Crippen LogP contribution is 2.35. The first kappa shape index (κ1) is 24.5. The molecule has 35 heavy (non-hydrogen) atoms. The second-order valence-electron chi connectivity index (χ2n) is 8.28. The lowest BCUT2D eigenvalue weighted by molar-refractivity contribution is 0.108. The van der Waals surface area contributed by atoms with Crippen molar-refractivity contribution in [1.29, 1.82) is 0 Å². The number of rotatable bonds is 8. The minimum atomic E-state index is -0.404. The van der Waals surface area contributed by atoms with Crippen molar-refractivity contribution < 1.29 is 18.4 Å². The molecule has 0 bridgehead atoms. The van der Waals surface area contributed by atoms with Gasteiger partial charge in [-0.1, -0.05) is 17.8 Å². The molecule has 0 aliphatic carbocycles. The summed E-state index contributed by atoms with van der Waals surface area (Å²) in [4.78, 5) is 24.9. The van der Waals surface area contributed by atoms with Gasteiger partial charge in [0, 0.05) is 13.5 Å². The average Bonchev–Trinajstić information content (AvgIpc) is 3.46. The van der Waals surface area contributed by atoms with Crippen LogP contribution in [0, 0.1) is 13.8 Å². The summed E-state index contributed by atoms with van der Waals surface area (Å²) in [5.74, 6) is 0.768. The lowest BCUT2D eigenvalue weighted by Gasteiger charge is -2.16. The Balaban J connectivity index is 1.84. The topological polar surface area (TPSA) is 100 Å². The number of benzene rings is 2. The number of allylic oxidation sites excluding steroid dienone is 1. The van der Waals surface area contributed by atoms with E-state index < -0.39 is 5.76 Å². The van der Waals surface area contributed by atoms with Gasteiger partial charge in [-0.15, -0.1) is 10.2 Å². The summed E-state index contributed by atoms with van der Waals surface area (Å²) in [5, 5.41) is 7.61. The molecule has 9 heteroatoms. The predicted octanol–water partition coefficient (Wildman–Crippen LogP) is 5.10. The number of ether oxygens (including phenoxy) is 1. The van der Waals surface area contributed by atoms with Gasteiger partial charge in [0.15, 0.2) is 5.58 Å². The number of carbonyl (C=O) groups excluding carboxylic acids is 1. The molecule has 2 aromatic carbocycles. The molecule has 0 fully saturated rings. The molecule has 2 aromatic heterocycles. The summed E-state index contributed by atoms with van der Waals surface area (Å²) in [7, 11) is 3.27. The summed E-state index contributed by atoms with van der Waals surface area (Å²) < 4.78 is 17.7. The maximum absolute atomic E-state index is 12.7. The summed E-state index contributed by atoms with van der Waals surface area (Å²) in [5.41, 5.74) is 6.32. The highest BCUT2D eigenvalue weighted by atomic mass is 32.2. The van der Waals surface area contributed by atoms with E-state index in [1.165, 1.54) is 11.0 Å². The summed E-state index contributed by atoms with van der Waals surface area (Å²) in [6.45, 7) is 3.85. The molecule has 0 aliphatic rings. The Morgan fingerprint density at radius 1 is 1.17 bits per heavy atom. The van der Waals surface area contributed by atoms with E-state index >= 15 is 0 Å². The molecule has 182 valence electrons. The first-order chi connectivity index (χ1) is 16.8.